The Bertz CT molecular complexity index is 1930. The van der Waals surface area contributed by atoms with E-state index in [-0.39, 0.29) is 17.1 Å². The molecule has 1 heterocycles. The number of nitrogens with zero attached hydrogens (tertiary/aromatic N) is 1. The van der Waals surface area contributed by atoms with Gasteiger partial charge in [0.1, 0.15) is 0 Å². The zero-order chi connectivity index (χ0) is 37.0. The number of hydrogen-bond acceptors (Lipinski definition) is 5. The Morgan fingerprint density at radius 1 is 0.942 bits per heavy atom. The molecule has 0 unspecified atom stereocenters. The average molecular weight is 735 g/mol. The summed E-state index contributed by atoms with van der Waals surface area (Å²) in [5.74, 6) is 0.122. The van der Waals surface area contributed by atoms with E-state index in [1.807, 2.05) is 81.2 Å². The molecular formula is C45H51ClN2O3S. The van der Waals surface area contributed by atoms with Crippen LogP contribution in [-0.4, -0.2) is 40.5 Å². The van der Waals surface area contributed by atoms with Crippen LogP contribution >= 0.6 is 23.4 Å². The Balaban J connectivity index is 0.000000407. The van der Waals surface area contributed by atoms with Crippen LogP contribution in [0.15, 0.2) is 109 Å². The van der Waals surface area contributed by atoms with Crippen molar-refractivity contribution in [3.8, 4) is 0 Å². The maximum atomic E-state index is 11.5. The maximum Gasteiger partial charge on any atom is 0.303 e. The van der Waals surface area contributed by atoms with Gasteiger partial charge in [0.15, 0.2) is 0 Å². The highest BCUT2D eigenvalue weighted by Crippen LogP contribution is 2.53. The normalized spacial score (nSPS) is 14.2. The van der Waals surface area contributed by atoms with Crippen molar-refractivity contribution in [3.05, 3.63) is 148 Å². The van der Waals surface area contributed by atoms with Crippen molar-refractivity contribution in [1.29, 1.82) is 0 Å². The van der Waals surface area contributed by atoms with Crippen LogP contribution in [0.5, 0.6) is 0 Å². The van der Waals surface area contributed by atoms with Crippen molar-refractivity contribution < 1.29 is 15.0 Å². The average Bonchev–Trinajstić information content (AvgIpc) is 3.89. The summed E-state index contributed by atoms with van der Waals surface area (Å²) in [6, 6.07) is 37.1. The third kappa shape index (κ3) is 12.1. The molecule has 1 saturated carbocycles. The fourth-order valence-corrected chi connectivity index (χ4v) is 8.21. The van der Waals surface area contributed by atoms with E-state index in [1.165, 1.54) is 24.0 Å². The van der Waals surface area contributed by atoms with E-state index >= 15 is 0 Å². The number of benzene rings is 4. The van der Waals surface area contributed by atoms with E-state index in [4.69, 9.17) is 16.6 Å². The minimum absolute atomic E-state index is 0.0814. The molecule has 5 nitrogen and oxygen atoms in total. The number of aryl methyl sites for hydroxylation is 2. The second-order valence-electron chi connectivity index (χ2n) is 14.4. The van der Waals surface area contributed by atoms with Gasteiger partial charge in [-0.15, -0.1) is 0 Å². The summed E-state index contributed by atoms with van der Waals surface area (Å²) in [6.07, 6.45) is 10.4. The second-order valence-corrected chi connectivity index (χ2v) is 16.0. The Kier molecular flexibility index (Phi) is 14.1. The van der Waals surface area contributed by atoms with Crippen molar-refractivity contribution in [2.24, 2.45) is 5.41 Å². The molecule has 0 amide bonds. The minimum atomic E-state index is -0.911. The summed E-state index contributed by atoms with van der Waals surface area (Å²) >= 11 is 8.04. The smallest absolute Gasteiger partial charge is 0.303 e. The molecule has 0 spiro atoms. The number of fused-ring (bicyclic) bond motifs is 1. The molecule has 7 heteroatoms. The molecule has 3 N–H and O–H groups in total. The van der Waals surface area contributed by atoms with Gasteiger partial charge in [-0.2, -0.15) is 11.8 Å². The molecule has 1 aromatic heterocycles. The van der Waals surface area contributed by atoms with Gasteiger partial charge in [-0.3, -0.25) is 4.79 Å². The molecule has 1 fully saturated rings. The molecular weight excluding hydrogens is 684 g/mol. The van der Waals surface area contributed by atoms with Crippen LogP contribution in [0.2, 0.25) is 5.02 Å². The van der Waals surface area contributed by atoms with Crippen LogP contribution < -0.4 is 5.32 Å². The predicted octanol–water partition coefficient (Wildman–Crippen LogP) is 10.8. The predicted molar refractivity (Wildman–Crippen MR) is 220 cm³/mol. The largest absolute Gasteiger partial charge is 0.481 e. The van der Waals surface area contributed by atoms with Crippen LogP contribution in [0.4, 0.5) is 0 Å². The van der Waals surface area contributed by atoms with E-state index in [9.17, 15) is 15.0 Å². The van der Waals surface area contributed by atoms with Crippen LogP contribution in [0.25, 0.3) is 23.1 Å². The van der Waals surface area contributed by atoms with Gasteiger partial charge in [0.05, 0.1) is 23.2 Å². The highest BCUT2D eigenvalue weighted by Gasteiger charge is 2.44. The molecule has 52 heavy (non-hydrogen) atoms. The Morgan fingerprint density at radius 3 is 2.42 bits per heavy atom. The molecule has 0 saturated heterocycles. The van der Waals surface area contributed by atoms with Gasteiger partial charge in [-0.05, 0) is 123 Å². The van der Waals surface area contributed by atoms with Gasteiger partial charge in [-0.25, -0.2) is 4.98 Å². The molecule has 1 aliphatic rings. The first kappa shape index (κ1) is 39.3. The SMILES string of the molecule is CC(C)(O)c1ccccc1CC[C@@H](SCC1(CC(=O)O)CC1)c1cccc(C=Cc2ccc3ccc(Cl)cc3n2)c1.CNCCCc1ccccc1. The van der Waals surface area contributed by atoms with Crippen LogP contribution in [-0.2, 0) is 23.2 Å². The molecule has 0 aliphatic heterocycles. The summed E-state index contributed by atoms with van der Waals surface area (Å²) in [4.78, 5) is 16.2. The van der Waals surface area contributed by atoms with E-state index in [0.717, 1.165) is 71.3 Å². The lowest BCUT2D eigenvalue weighted by molar-refractivity contribution is -0.138. The fraction of sp³-hybridized carbons (Fsp3) is 0.333. The molecule has 0 radical (unpaired) electrons. The Labute approximate surface area is 318 Å². The number of pyridine rings is 1. The zero-order valence-electron chi connectivity index (χ0n) is 30.5. The van der Waals surface area contributed by atoms with Crippen LogP contribution in [0, 0.1) is 5.41 Å². The first-order chi connectivity index (χ1) is 25.0. The lowest BCUT2D eigenvalue weighted by Gasteiger charge is -2.24. The van der Waals surface area contributed by atoms with Crippen molar-refractivity contribution in [1.82, 2.24) is 10.3 Å². The first-order valence-electron chi connectivity index (χ1n) is 18.2. The van der Waals surface area contributed by atoms with Crippen molar-refractivity contribution >= 4 is 52.4 Å². The van der Waals surface area contributed by atoms with Gasteiger partial charge in [0.25, 0.3) is 0 Å². The molecule has 1 aliphatic carbocycles. The Hall–Kier alpha value is -3.94. The number of thioether (sulfide) groups is 1. The van der Waals surface area contributed by atoms with Crippen LogP contribution in [0.3, 0.4) is 0 Å². The van der Waals surface area contributed by atoms with Gasteiger partial charge >= 0.3 is 5.97 Å². The number of hydrogen-bond donors (Lipinski definition) is 3. The number of rotatable bonds is 16. The molecule has 0 bridgehead atoms. The van der Waals surface area contributed by atoms with E-state index in [2.05, 4.69) is 78.1 Å². The summed E-state index contributed by atoms with van der Waals surface area (Å²) in [5, 5.41) is 25.2. The third-order valence-electron chi connectivity index (χ3n) is 9.57. The van der Waals surface area contributed by atoms with Crippen molar-refractivity contribution in [2.75, 3.05) is 19.3 Å². The molecule has 5 aromatic rings. The number of carbonyl (C=O) groups is 1. The number of carboxylic acid groups (broad SMARTS) is 1. The van der Waals surface area contributed by atoms with E-state index < -0.39 is 11.6 Å². The quantitative estimate of drug-likeness (QED) is 0.0876. The second kappa shape index (κ2) is 18.7. The maximum absolute atomic E-state index is 11.5. The zero-order valence-corrected chi connectivity index (χ0v) is 32.1. The first-order valence-corrected chi connectivity index (χ1v) is 19.6. The lowest BCUT2D eigenvalue weighted by Crippen LogP contribution is -2.18. The Morgan fingerprint density at radius 2 is 1.69 bits per heavy atom. The molecule has 1 atom stereocenters. The third-order valence-corrected chi connectivity index (χ3v) is 11.5. The molecule has 4 aromatic carbocycles. The van der Waals surface area contributed by atoms with E-state index in [1.54, 1.807) is 0 Å². The van der Waals surface area contributed by atoms with E-state index in [0.29, 0.717) is 5.02 Å². The number of halogens is 1. The topological polar surface area (TPSA) is 82.5 Å². The molecule has 272 valence electrons. The summed E-state index contributed by atoms with van der Waals surface area (Å²) in [6.45, 7) is 4.76. The number of aliphatic hydroxyl groups is 1. The van der Waals surface area contributed by atoms with Gasteiger partial charge in [-0.1, -0.05) is 109 Å². The fourth-order valence-electron chi connectivity index (χ4n) is 6.47. The summed E-state index contributed by atoms with van der Waals surface area (Å²) in [7, 11) is 1.99. The number of carboxylic acids is 1. The van der Waals surface area contributed by atoms with Crippen LogP contribution in [0.1, 0.15) is 84.7 Å². The highest BCUT2D eigenvalue weighted by molar-refractivity contribution is 7.99. The number of aliphatic carboxylic acids is 1. The van der Waals surface area contributed by atoms with Gasteiger partial charge in [0, 0.05) is 21.4 Å². The van der Waals surface area contributed by atoms with Gasteiger partial charge in [0.2, 0.25) is 0 Å². The van der Waals surface area contributed by atoms with Crippen molar-refractivity contribution in [2.45, 2.75) is 69.6 Å². The molecule has 6 rings (SSSR count). The standard InChI is InChI=1S/C35H36ClNO3S.C10H15N/c1-34(2,40)30-9-4-3-7-25(30)13-17-32(41-23-35(18-19-35)22-33(38)39)27-8-5-6-24(20-27)10-15-29-16-12-26-11-14-28(36)21-31(26)37-29;1-11-9-5-8-10-6-3-2-4-7-10/h3-12,14-16,20-21,32,40H,13,17-19,22-23H2,1-2H3,(H,38,39);2-4,6-7,11H,5,8-9H2,1H3/t32-;/m1./s1. The lowest BCUT2D eigenvalue weighted by atomic mass is 9.90. The summed E-state index contributed by atoms with van der Waals surface area (Å²) in [5.41, 5.74) is 6.59. The monoisotopic (exact) mass is 734 g/mol. The number of aromatic nitrogens is 1. The summed E-state index contributed by atoms with van der Waals surface area (Å²) < 4.78 is 0. The highest BCUT2D eigenvalue weighted by atomic mass is 35.5. The van der Waals surface area contributed by atoms with Crippen molar-refractivity contribution in [3.63, 3.8) is 0 Å². The van der Waals surface area contributed by atoms with Gasteiger partial charge < -0.3 is 15.5 Å². The minimum Gasteiger partial charge on any atom is -0.481 e. The number of nitrogens with one attached hydrogen (secondary N) is 1.